The van der Waals surface area contributed by atoms with E-state index in [0.717, 1.165) is 52.5 Å². The topological polar surface area (TPSA) is 75.2 Å². The Hall–Kier alpha value is -3.97. The largest absolute Gasteiger partial charge is 0.492 e. The summed E-state index contributed by atoms with van der Waals surface area (Å²) in [5, 5.41) is 3.64. The van der Waals surface area contributed by atoms with Crippen LogP contribution in [0.5, 0.6) is 23.0 Å². The van der Waals surface area contributed by atoms with E-state index >= 15 is 0 Å². The SMILES string of the molecule is CC/C(=C(/c1ccc(OCCNC2CCCCC2)cc1)c1ccc(OCOC(=O)C(C)(C)C)cc1)c1ccc2c(c1)OCO2. The highest BCUT2D eigenvalue weighted by molar-refractivity contribution is 5.99. The van der Waals surface area contributed by atoms with Gasteiger partial charge >= 0.3 is 5.97 Å². The quantitative estimate of drug-likeness (QED) is 0.0978. The average molecular weight is 600 g/mol. The number of carbonyl (C=O) groups excluding carboxylic acids is 1. The standard InChI is InChI=1S/C37H45NO6/c1-5-32(28-15-20-33-34(23-28)43-25-42-33)35(27-13-18-31(19-14-27)41-24-44-36(39)37(2,3)4)26-11-16-30(17-12-26)40-22-21-38-29-9-7-6-8-10-29/h11-20,23,29,38H,5-10,21-22,24-25H2,1-4H3/b35-32+. The summed E-state index contributed by atoms with van der Waals surface area (Å²) in [6.45, 7) is 9.21. The third-order valence-electron chi connectivity index (χ3n) is 8.10. The number of ether oxygens (including phenoxy) is 5. The van der Waals surface area contributed by atoms with E-state index in [1.54, 1.807) is 0 Å². The van der Waals surface area contributed by atoms with Gasteiger partial charge in [-0.3, -0.25) is 4.79 Å². The van der Waals surface area contributed by atoms with Crippen molar-refractivity contribution in [2.24, 2.45) is 5.41 Å². The van der Waals surface area contributed by atoms with Gasteiger partial charge in [0.1, 0.15) is 18.1 Å². The van der Waals surface area contributed by atoms with Crippen LogP contribution < -0.4 is 24.3 Å². The van der Waals surface area contributed by atoms with Gasteiger partial charge in [-0.25, -0.2) is 0 Å². The lowest BCUT2D eigenvalue weighted by atomic mass is 9.88. The molecule has 0 amide bonds. The number of benzene rings is 3. The summed E-state index contributed by atoms with van der Waals surface area (Å²) in [4.78, 5) is 12.1. The number of nitrogens with one attached hydrogen (secondary N) is 1. The van der Waals surface area contributed by atoms with Crippen LogP contribution in [0.15, 0.2) is 66.7 Å². The maximum absolute atomic E-state index is 12.1. The average Bonchev–Trinajstić information content (AvgIpc) is 3.51. The van der Waals surface area contributed by atoms with E-state index in [9.17, 15) is 4.79 Å². The summed E-state index contributed by atoms with van der Waals surface area (Å²) in [5.74, 6) is 2.70. The Morgan fingerprint density at radius 1 is 0.818 bits per heavy atom. The first kappa shape index (κ1) is 31.5. The molecule has 0 aromatic heterocycles. The lowest BCUT2D eigenvalue weighted by Gasteiger charge is -2.22. The van der Waals surface area contributed by atoms with Crippen LogP contribution in [0.25, 0.3) is 11.1 Å². The van der Waals surface area contributed by atoms with Crippen molar-refractivity contribution in [2.45, 2.75) is 72.3 Å². The molecule has 5 rings (SSSR count). The van der Waals surface area contributed by atoms with Crippen LogP contribution in [0.4, 0.5) is 0 Å². The Bertz CT molecular complexity index is 1420. The van der Waals surface area contributed by atoms with Crippen molar-refractivity contribution in [2.75, 3.05) is 26.7 Å². The van der Waals surface area contributed by atoms with Gasteiger partial charge < -0.3 is 29.0 Å². The van der Waals surface area contributed by atoms with Gasteiger partial charge in [-0.2, -0.15) is 0 Å². The molecule has 3 aromatic rings. The number of esters is 1. The molecule has 0 unspecified atom stereocenters. The second-order valence-electron chi connectivity index (χ2n) is 12.4. The molecule has 1 heterocycles. The van der Waals surface area contributed by atoms with Gasteiger partial charge in [-0.05, 0) is 104 Å². The van der Waals surface area contributed by atoms with Crippen LogP contribution in [-0.2, 0) is 9.53 Å². The van der Waals surface area contributed by atoms with Crippen LogP contribution >= 0.6 is 0 Å². The molecular formula is C37H45NO6. The van der Waals surface area contributed by atoms with Crippen molar-refractivity contribution in [1.82, 2.24) is 5.32 Å². The predicted molar refractivity (Wildman–Crippen MR) is 173 cm³/mol. The molecule has 0 saturated heterocycles. The third-order valence-corrected chi connectivity index (χ3v) is 8.10. The summed E-state index contributed by atoms with van der Waals surface area (Å²) < 4.78 is 28.3. The van der Waals surface area contributed by atoms with Crippen LogP contribution in [0, 0.1) is 5.41 Å². The highest BCUT2D eigenvalue weighted by Gasteiger charge is 2.23. The number of rotatable bonds is 12. The highest BCUT2D eigenvalue weighted by atomic mass is 16.7. The molecule has 2 aliphatic rings. The Labute approximate surface area is 261 Å². The number of carbonyl (C=O) groups is 1. The van der Waals surface area contributed by atoms with E-state index in [1.807, 2.05) is 63.2 Å². The Morgan fingerprint density at radius 2 is 1.43 bits per heavy atom. The fourth-order valence-corrected chi connectivity index (χ4v) is 5.67. The van der Waals surface area contributed by atoms with Crippen LogP contribution in [0.3, 0.4) is 0 Å². The zero-order chi connectivity index (χ0) is 30.9. The predicted octanol–water partition coefficient (Wildman–Crippen LogP) is 8.01. The van der Waals surface area contributed by atoms with Gasteiger partial charge in [0, 0.05) is 12.6 Å². The molecule has 7 heteroatoms. The molecule has 0 bridgehead atoms. The summed E-state index contributed by atoms with van der Waals surface area (Å²) >= 11 is 0. The lowest BCUT2D eigenvalue weighted by Crippen LogP contribution is -2.34. The summed E-state index contributed by atoms with van der Waals surface area (Å²) in [6, 6.07) is 23.0. The Morgan fingerprint density at radius 3 is 2.07 bits per heavy atom. The molecular weight excluding hydrogens is 554 g/mol. The van der Waals surface area contributed by atoms with Gasteiger partial charge in [0.25, 0.3) is 0 Å². The fraction of sp³-hybridized carbons (Fsp3) is 0.432. The first-order valence-corrected chi connectivity index (χ1v) is 15.8. The third kappa shape index (κ3) is 8.14. The van der Waals surface area contributed by atoms with Gasteiger partial charge in [0.05, 0.1) is 5.41 Å². The Balaban J connectivity index is 1.35. The van der Waals surface area contributed by atoms with Gasteiger partial charge in [-0.1, -0.05) is 56.5 Å². The molecule has 0 spiro atoms. The molecule has 1 fully saturated rings. The Kier molecular flexibility index (Phi) is 10.5. The highest BCUT2D eigenvalue weighted by Crippen LogP contribution is 2.40. The minimum Gasteiger partial charge on any atom is -0.492 e. The molecule has 1 aliphatic heterocycles. The summed E-state index contributed by atoms with van der Waals surface area (Å²) in [7, 11) is 0. The van der Waals surface area contributed by atoms with E-state index in [-0.39, 0.29) is 19.6 Å². The number of hydrogen-bond donors (Lipinski definition) is 1. The summed E-state index contributed by atoms with van der Waals surface area (Å²) in [6.07, 6.45) is 7.35. The molecule has 3 aromatic carbocycles. The normalized spacial score (nSPS) is 15.5. The van der Waals surface area contributed by atoms with Crippen molar-refractivity contribution >= 4 is 17.1 Å². The maximum Gasteiger partial charge on any atom is 0.314 e. The van der Waals surface area contributed by atoms with Crippen molar-refractivity contribution in [3.05, 3.63) is 83.4 Å². The lowest BCUT2D eigenvalue weighted by molar-refractivity contribution is -0.159. The van der Waals surface area contributed by atoms with Crippen molar-refractivity contribution < 1.29 is 28.5 Å². The second-order valence-corrected chi connectivity index (χ2v) is 12.4. The zero-order valence-electron chi connectivity index (χ0n) is 26.4. The van der Waals surface area contributed by atoms with Crippen LogP contribution in [0.2, 0.25) is 0 Å². The molecule has 0 atom stereocenters. The number of allylic oxidation sites excluding steroid dienone is 1. The van der Waals surface area contributed by atoms with E-state index < -0.39 is 5.41 Å². The zero-order valence-corrected chi connectivity index (χ0v) is 26.4. The van der Waals surface area contributed by atoms with Gasteiger partial charge in [-0.15, -0.1) is 0 Å². The monoisotopic (exact) mass is 599 g/mol. The van der Waals surface area contributed by atoms with Gasteiger partial charge in [0.15, 0.2) is 11.5 Å². The van der Waals surface area contributed by atoms with Crippen molar-refractivity contribution in [3.8, 4) is 23.0 Å². The van der Waals surface area contributed by atoms with E-state index in [0.29, 0.717) is 18.4 Å². The molecule has 7 nitrogen and oxygen atoms in total. The first-order chi connectivity index (χ1) is 21.3. The second kappa shape index (κ2) is 14.7. The molecule has 0 radical (unpaired) electrons. The molecule has 44 heavy (non-hydrogen) atoms. The number of hydrogen-bond acceptors (Lipinski definition) is 7. The molecule has 1 aliphatic carbocycles. The van der Waals surface area contributed by atoms with Crippen LogP contribution in [0.1, 0.15) is 82.9 Å². The van der Waals surface area contributed by atoms with Crippen LogP contribution in [-0.4, -0.2) is 38.7 Å². The molecule has 1 N–H and O–H groups in total. The van der Waals surface area contributed by atoms with Gasteiger partial charge in [0.2, 0.25) is 13.6 Å². The summed E-state index contributed by atoms with van der Waals surface area (Å²) in [5.41, 5.74) is 4.92. The fourth-order valence-electron chi connectivity index (χ4n) is 5.67. The first-order valence-electron chi connectivity index (χ1n) is 15.8. The van der Waals surface area contributed by atoms with E-state index in [2.05, 4.69) is 36.5 Å². The van der Waals surface area contributed by atoms with E-state index in [4.69, 9.17) is 23.7 Å². The minimum atomic E-state index is -0.579. The smallest absolute Gasteiger partial charge is 0.314 e. The van der Waals surface area contributed by atoms with Crippen molar-refractivity contribution in [1.29, 1.82) is 0 Å². The molecule has 234 valence electrons. The maximum atomic E-state index is 12.1. The van der Waals surface area contributed by atoms with E-state index in [1.165, 1.54) is 37.7 Å². The minimum absolute atomic E-state index is 0.132. The molecule has 1 saturated carbocycles. The number of fused-ring (bicyclic) bond motifs is 1. The van der Waals surface area contributed by atoms with Crippen molar-refractivity contribution in [3.63, 3.8) is 0 Å².